The molecule has 24 heavy (non-hydrogen) atoms. The Bertz CT molecular complexity index is 884. The second-order valence-corrected chi connectivity index (χ2v) is 5.33. The van der Waals surface area contributed by atoms with Crippen LogP contribution in [0.3, 0.4) is 0 Å². The molecule has 1 heterocycles. The maximum Gasteiger partial charge on any atom is 0.244 e. The highest BCUT2D eigenvalue weighted by molar-refractivity contribution is 5.58. The van der Waals surface area contributed by atoms with Crippen LogP contribution in [0, 0.1) is 18.3 Å². The Morgan fingerprint density at radius 1 is 1.12 bits per heavy atom. The first kappa shape index (κ1) is 15.4. The molecule has 0 radical (unpaired) electrons. The summed E-state index contributed by atoms with van der Waals surface area (Å²) in [5.41, 5.74) is 3.72. The second-order valence-electron chi connectivity index (χ2n) is 5.33. The van der Waals surface area contributed by atoms with Gasteiger partial charge in [-0.05, 0) is 30.7 Å². The van der Waals surface area contributed by atoms with Gasteiger partial charge in [0, 0.05) is 12.2 Å². The minimum atomic E-state index is 0.443. The molecule has 6 nitrogen and oxygen atoms in total. The van der Waals surface area contributed by atoms with E-state index in [0.29, 0.717) is 23.9 Å². The van der Waals surface area contributed by atoms with Gasteiger partial charge in [0.1, 0.15) is 0 Å². The average Bonchev–Trinajstić information content (AvgIpc) is 2.61. The minimum Gasteiger partial charge on any atom is -0.349 e. The zero-order valence-electron chi connectivity index (χ0n) is 13.2. The molecular formula is C18H16N6. The molecule has 0 aliphatic rings. The van der Waals surface area contributed by atoms with Crippen LogP contribution in [0.25, 0.3) is 0 Å². The molecular weight excluding hydrogens is 300 g/mol. The van der Waals surface area contributed by atoms with Crippen molar-refractivity contribution in [3.63, 3.8) is 0 Å². The summed E-state index contributed by atoms with van der Waals surface area (Å²) in [6.45, 7) is 2.68. The first-order chi connectivity index (χ1) is 11.7. The molecule has 0 bridgehead atoms. The number of benzene rings is 2. The number of rotatable bonds is 5. The van der Waals surface area contributed by atoms with Crippen LogP contribution in [0.1, 0.15) is 16.7 Å². The first-order valence-corrected chi connectivity index (χ1v) is 7.49. The summed E-state index contributed by atoms with van der Waals surface area (Å²) in [6.07, 6.45) is 1.54. The van der Waals surface area contributed by atoms with Crippen LogP contribution >= 0.6 is 0 Å². The van der Waals surface area contributed by atoms with E-state index in [4.69, 9.17) is 5.26 Å². The van der Waals surface area contributed by atoms with Crippen molar-refractivity contribution < 1.29 is 0 Å². The van der Waals surface area contributed by atoms with Crippen LogP contribution in [-0.2, 0) is 6.54 Å². The van der Waals surface area contributed by atoms with E-state index in [1.165, 1.54) is 11.8 Å². The standard InChI is InChI=1S/C18H16N6/c1-13-4-2-6-15(8-13)11-20-18-23-17(12-21-24-18)22-16-7-3-5-14(9-16)10-19/h2-9,12H,11H2,1H3,(H2,20,22,23,24). The lowest BCUT2D eigenvalue weighted by Gasteiger charge is -2.08. The Labute approximate surface area is 140 Å². The topological polar surface area (TPSA) is 86.5 Å². The van der Waals surface area contributed by atoms with Gasteiger partial charge >= 0.3 is 0 Å². The quantitative estimate of drug-likeness (QED) is 0.750. The molecule has 0 saturated carbocycles. The van der Waals surface area contributed by atoms with Crippen molar-refractivity contribution in [2.45, 2.75) is 13.5 Å². The van der Waals surface area contributed by atoms with Crippen LogP contribution in [0.15, 0.2) is 54.7 Å². The summed E-state index contributed by atoms with van der Waals surface area (Å²) in [5.74, 6) is 1.00. The molecule has 0 unspecified atom stereocenters. The van der Waals surface area contributed by atoms with E-state index in [0.717, 1.165) is 11.3 Å². The largest absolute Gasteiger partial charge is 0.349 e. The molecule has 3 rings (SSSR count). The van der Waals surface area contributed by atoms with E-state index in [2.05, 4.69) is 50.9 Å². The van der Waals surface area contributed by atoms with Gasteiger partial charge in [0.25, 0.3) is 0 Å². The number of aryl methyl sites for hydroxylation is 1. The highest BCUT2D eigenvalue weighted by Crippen LogP contribution is 2.16. The Kier molecular flexibility index (Phi) is 4.63. The maximum atomic E-state index is 8.94. The zero-order valence-corrected chi connectivity index (χ0v) is 13.2. The highest BCUT2D eigenvalue weighted by Gasteiger charge is 2.02. The van der Waals surface area contributed by atoms with Gasteiger partial charge in [0.15, 0.2) is 5.82 Å². The molecule has 0 aliphatic heterocycles. The van der Waals surface area contributed by atoms with Gasteiger partial charge < -0.3 is 10.6 Å². The van der Waals surface area contributed by atoms with Crippen molar-refractivity contribution in [1.29, 1.82) is 5.26 Å². The summed E-state index contributed by atoms with van der Waals surface area (Å²) in [4.78, 5) is 4.38. The fourth-order valence-electron chi connectivity index (χ4n) is 2.26. The number of anilines is 3. The predicted molar refractivity (Wildman–Crippen MR) is 92.8 cm³/mol. The number of nitrogens with one attached hydrogen (secondary N) is 2. The molecule has 0 saturated heterocycles. The summed E-state index contributed by atoms with van der Waals surface area (Å²) >= 11 is 0. The van der Waals surface area contributed by atoms with Gasteiger partial charge in [0.2, 0.25) is 5.95 Å². The molecule has 3 aromatic rings. The van der Waals surface area contributed by atoms with Gasteiger partial charge in [-0.1, -0.05) is 35.9 Å². The summed E-state index contributed by atoms with van der Waals surface area (Å²) in [6, 6.07) is 17.5. The zero-order chi connectivity index (χ0) is 16.8. The Morgan fingerprint density at radius 3 is 2.83 bits per heavy atom. The van der Waals surface area contributed by atoms with E-state index >= 15 is 0 Å². The molecule has 1 aromatic heterocycles. The van der Waals surface area contributed by atoms with E-state index in [-0.39, 0.29) is 0 Å². The summed E-state index contributed by atoms with van der Waals surface area (Å²) < 4.78 is 0. The SMILES string of the molecule is Cc1cccc(CNc2nncc(Nc3cccc(C#N)c3)n2)c1. The molecule has 6 heteroatoms. The first-order valence-electron chi connectivity index (χ1n) is 7.49. The minimum absolute atomic E-state index is 0.443. The van der Waals surface area contributed by atoms with Gasteiger partial charge in [-0.25, -0.2) is 0 Å². The van der Waals surface area contributed by atoms with Gasteiger partial charge in [-0.15, -0.1) is 5.10 Å². The maximum absolute atomic E-state index is 8.94. The third-order valence-corrected chi connectivity index (χ3v) is 3.36. The van der Waals surface area contributed by atoms with Crippen molar-refractivity contribution in [3.8, 4) is 6.07 Å². The number of nitriles is 1. The van der Waals surface area contributed by atoms with Gasteiger partial charge in [0.05, 0.1) is 17.8 Å². The van der Waals surface area contributed by atoms with Crippen LogP contribution in [0.5, 0.6) is 0 Å². The number of hydrogen-bond acceptors (Lipinski definition) is 6. The number of nitrogens with zero attached hydrogens (tertiary/aromatic N) is 4. The third-order valence-electron chi connectivity index (χ3n) is 3.36. The van der Waals surface area contributed by atoms with Crippen LogP contribution in [-0.4, -0.2) is 15.2 Å². The van der Waals surface area contributed by atoms with E-state index in [9.17, 15) is 0 Å². The lowest BCUT2D eigenvalue weighted by atomic mass is 10.1. The van der Waals surface area contributed by atoms with Gasteiger partial charge in [-0.3, -0.25) is 0 Å². The van der Waals surface area contributed by atoms with Crippen molar-refractivity contribution in [1.82, 2.24) is 15.2 Å². The van der Waals surface area contributed by atoms with E-state index < -0.39 is 0 Å². The normalized spacial score (nSPS) is 10.0. The fourth-order valence-corrected chi connectivity index (χ4v) is 2.26. The predicted octanol–water partition coefficient (Wildman–Crippen LogP) is 3.41. The Hall–Kier alpha value is -3.46. The van der Waals surface area contributed by atoms with Crippen molar-refractivity contribution >= 4 is 17.5 Å². The van der Waals surface area contributed by atoms with Crippen molar-refractivity contribution in [3.05, 3.63) is 71.4 Å². The van der Waals surface area contributed by atoms with Crippen molar-refractivity contribution in [2.24, 2.45) is 0 Å². The fraction of sp³-hybridized carbons (Fsp3) is 0.111. The second kappa shape index (κ2) is 7.20. The number of hydrogen-bond donors (Lipinski definition) is 2. The molecule has 0 aliphatic carbocycles. The smallest absolute Gasteiger partial charge is 0.244 e. The molecule has 2 aromatic carbocycles. The Balaban J connectivity index is 1.68. The third kappa shape index (κ3) is 4.05. The van der Waals surface area contributed by atoms with Crippen LogP contribution in [0.4, 0.5) is 17.5 Å². The average molecular weight is 316 g/mol. The van der Waals surface area contributed by atoms with Crippen LogP contribution < -0.4 is 10.6 Å². The lowest BCUT2D eigenvalue weighted by Crippen LogP contribution is -2.06. The van der Waals surface area contributed by atoms with Crippen LogP contribution in [0.2, 0.25) is 0 Å². The molecule has 118 valence electrons. The lowest BCUT2D eigenvalue weighted by molar-refractivity contribution is 0.948. The monoisotopic (exact) mass is 316 g/mol. The summed E-state index contributed by atoms with van der Waals surface area (Å²) in [7, 11) is 0. The Morgan fingerprint density at radius 2 is 2.00 bits per heavy atom. The molecule has 0 atom stereocenters. The summed E-state index contributed by atoms with van der Waals surface area (Å²) in [5, 5.41) is 23.2. The molecule has 0 amide bonds. The number of aromatic nitrogens is 3. The molecule has 0 fully saturated rings. The molecule has 2 N–H and O–H groups in total. The van der Waals surface area contributed by atoms with Gasteiger partial charge in [-0.2, -0.15) is 15.3 Å². The van der Waals surface area contributed by atoms with E-state index in [1.807, 2.05) is 24.3 Å². The highest BCUT2D eigenvalue weighted by atomic mass is 15.3. The van der Waals surface area contributed by atoms with E-state index in [1.54, 1.807) is 12.1 Å². The molecule has 0 spiro atoms. The van der Waals surface area contributed by atoms with Crippen molar-refractivity contribution in [2.75, 3.05) is 10.6 Å².